The Morgan fingerprint density at radius 2 is 2.10 bits per heavy atom. The van der Waals surface area contributed by atoms with Crippen molar-refractivity contribution in [3.05, 3.63) is 37.8 Å². The van der Waals surface area contributed by atoms with E-state index in [-0.39, 0.29) is 21.7 Å². The van der Waals surface area contributed by atoms with Crippen LogP contribution in [0.2, 0.25) is 5.28 Å². The van der Waals surface area contributed by atoms with Gasteiger partial charge in [-0.3, -0.25) is 10.1 Å². The molecular formula is C9H4BrClFN5O3. The number of halogens is 3. The van der Waals surface area contributed by atoms with E-state index < -0.39 is 22.2 Å². The van der Waals surface area contributed by atoms with Gasteiger partial charge in [-0.25, -0.2) is 4.39 Å². The van der Waals surface area contributed by atoms with Crippen LogP contribution in [0.15, 0.2) is 16.6 Å². The number of nitro groups is 1. The van der Waals surface area contributed by atoms with Crippen LogP contribution in [0, 0.1) is 15.9 Å². The first kappa shape index (κ1) is 14.3. The normalized spacial score (nSPS) is 10.3. The summed E-state index contributed by atoms with van der Waals surface area (Å²) in [6.45, 7) is 0. The lowest BCUT2D eigenvalue weighted by Gasteiger charge is -2.06. The molecule has 20 heavy (non-hydrogen) atoms. The van der Waals surface area contributed by atoms with E-state index in [0.29, 0.717) is 0 Å². The van der Waals surface area contributed by atoms with Crippen molar-refractivity contribution in [3.8, 4) is 11.8 Å². The number of aromatic nitrogens is 3. The van der Waals surface area contributed by atoms with Gasteiger partial charge in [0.05, 0.1) is 9.40 Å². The third-order valence-electron chi connectivity index (χ3n) is 2.00. The molecule has 0 amide bonds. The lowest BCUT2D eigenvalue weighted by molar-refractivity contribution is -0.385. The Bertz CT molecular complexity index is 681. The number of hydrogen-bond donors (Lipinski definition) is 1. The molecule has 0 saturated heterocycles. The van der Waals surface area contributed by atoms with Crippen LogP contribution in [0.1, 0.15) is 0 Å². The largest absolute Gasteiger partial charge is 0.417 e. The van der Waals surface area contributed by atoms with E-state index in [0.717, 1.165) is 12.1 Å². The molecule has 0 saturated carbocycles. The maximum atomic E-state index is 13.4. The average Bonchev–Trinajstić information content (AvgIpc) is 2.31. The maximum Gasteiger partial charge on any atom is 0.328 e. The van der Waals surface area contributed by atoms with Crippen molar-refractivity contribution in [3.63, 3.8) is 0 Å². The molecule has 11 heteroatoms. The van der Waals surface area contributed by atoms with E-state index >= 15 is 0 Å². The predicted octanol–water partition coefficient (Wildman–Crippen LogP) is 2.71. The first-order chi connectivity index (χ1) is 9.36. The van der Waals surface area contributed by atoms with E-state index in [9.17, 15) is 14.5 Å². The molecule has 0 radical (unpaired) electrons. The van der Waals surface area contributed by atoms with Gasteiger partial charge in [-0.1, -0.05) is 0 Å². The average molecular weight is 365 g/mol. The zero-order chi connectivity index (χ0) is 14.9. The van der Waals surface area contributed by atoms with Crippen LogP contribution < -0.4 is 10.5 Å². The van der Waals surface area contributed by atoms with Crippen molar-refractivity contribution < 1.29 is 14.1 Å². The Balaban J connectivity index is 2.47. The summed E-state index contributed by atoms with van der Waals surface area (Å²) < 4.78 is 18.4. The van der Waals surface area contributed by atoms with Gasteiger partial charge in [0.25, 0.3) is 0 Å². The Labute approximate surface area is 124 Å². The minimum absolute atomic E-state index is 0.0789. The molecule has 1 heterocycles. The molecule has 2 aromatic rings. The van der Waals surface area contributed by atoms with Gasteiger partial charge >= 0.3 is 11.7 Å². The Morgan fingerprint density at radius 1 is 1.40 bits per heavy atom. The monoisotopic (exact) mass is 363 g/mol. The second-order valence-corrected chi connectivity index (χ2v) is 4.53. The fraction of sp³-hybridized carbons (Fsp3) is 0. The summed E-state index contributed by atoms with van der Waals surface area (Å²) >= 11 is 8.38. The molecular weight excluding hydrogens is 360 g/mol. The molecule has 0 atom stereocenters. The lowest BCUT2D eigenvalue weighted by atomic mass is 10.3. The van der Waals surface area contributed by atoms with Crippen molar-refractivity contribution in [1.29, 1.82) is 0 Å². The van der Waals surface area contributed by atoms with Crippen LogP contribution in [0.4, 0.5) is 16.0 Å². The molecule has 8 nitrogen and oxygen atoms in total. The van der Waals surface area contributed by atoms with Crippen molar-refractivity contribution in [1.82, 2.24) is 15.0 Å². The first-order valence-corrected chi connectivity index (χ1v) is 6.02. The number of benzene rings is 1. The number of nitrogens with zero attached hydrogens (tertiary/aromatic N) is 4. The Hall–Kier alpha value is -2.07. The van der Waals surface area contributed by atoms with Gasteiger partial charge in [0.2, 0.25) is 17.0 Å². The molecule has 104 valence electrons. The second kappa shape index (κ2) is 5.51. The highest BCUT2D eigenvalue weighted by atomic mass is 79.9. The van der Waals surface area contributed by atoms with Gasteiger partial charge in [-0.2, -0.15) is 15.0 Å². The third-order valence-corrected chi connectivity index (χ3v) is 2.78. The number of nitro benzene ring substituents is 1. The zero-order valence-corrected chi connectivity index (χ0v) is 11.7. The second-order valence-electron chi connectivity index (χ2n) is 3.34. The minimum Gasteiger partial charge on any atom is -0.417 e. The maximum absolute atomic E-state index is 13.4. The molecule has 2 rings (SSSR count). The fourth-order valence-electron chi connectivity index (χ4n) is 1.23. The number of nitrogens with two attached hydrogens (primary N) is 1. The SMILES string of the molecule is Nc1nc(Cl)nc(Oc2cc(F)c(Br)cc2[N+](=O)[O-])n1. The Kier molecular flexibility index (Phi) is 3.95. The van der Waals surface area contributed by atoms with Gasteiger partial charge in [0.1, 0.15) is 5.82 Å². The van der Waals surface area contributed by atoms with Crippen LogP contribution in [0.5, 0.6) is 11.8 Å². The molecule has 2 N–H and O–H groups in total. The number of ether oxygens (including phenoxy) is 1. The molecule has 0 spiro atoms. The van der Waals surface area contributed by atoms with Crippen LogP contribution in [-0.2, 0) is 0 Å². The van der Waals surface area contributed by atoms with Gasteiger partial charge in [-0.05, 0) is 27.5 Å². The highest BCUT2D eigenvalue weighted by molar-refractivity contribution is 9.10. The van der Waals surface area contributed by atoms with Crippen molar-refractivity contribution in [2.75, 3.05) is 5.73 Å². The fourth-order valence-corrected chi connectivity index (χ4v) is 1.72. The van der Waals surface area contributed by atoms with Gasteiger partial charge in [0.15, 0.2) is 0 Å². The Morgan fingerprint density at radius 3 is 2.70 bits per heavy atom. The number of hydrogen-bond acceptors (Lipinski definition) is 7. The molecule has 0 fully saturated rings. The topological polar surface area (TPSA) is 117 Å². The summed E-state index contributed by atoms with van der Waals surface area (Å²) in [6, 6.07) is 1.39. The summed E-state index contributed by atoms with van der Waals surface area (Å²) in [5.41, 5.74) is 4.84. The van der Waals surface area contributed by atoms with Crippen LogP contribution >= 0.6 is 27.5 Å². The summed E-state index contributed by atoms with van der Waals surface area (Å²) in [5, 5.41) is 10.6. The van der Waals surface area contributed by atoms with Crippen LogP contribution in [0.25, 0.3) is 0 Å². The lowest BCUT2D eigenvalue weighted by Crippen LogP contribution is -2.02. The first-order valence-electron chi connectivity index (χ1n) is 4.85. The number of nitrogen functional groups attached to an aromatic ring is 1. The minimum atomic E-state index is -0.751. The molecule has 0 aliphatic rings. The van der Waals surface area contributed by atoms with Crippen molar-refractivity contribution >= 4 is 39.2 Å². The summed E-state index contributed by atoms with van der Waals surface area (Å²) in [6.07, 6.45) is 0. The van der Waals surface area contributed by atoms with Crippen molar-refractivity contribution in [2.45, 2.75) is 0 Å². The van der Waals surface area contributed by atoms with Gasteiger partial charge < -0.3 is 10.5 Å². The third kappa shape index (κ3) is 3.08. The van der Waals surface area contributed by atoms with Crippen molar-refractivity contribution in [2.24, 2.45) is 0 Å². The number of anilines is 1. The smallest absolute Gasteiger partial charge is 0.328 e. The predicted molar refractivity (Wildman–Crippen MR) is 70.1 cm³/mol. The highest BCUT2D eigenvalue weighted by Gasteiger charge is 2.21. The van der Waals surface area contributed by atoms with E-state index in [1.165, 1.54) is 0 Å². The highest BCUT2D eigenvalue weighted by Crippen LogP contribution is 2.34. The molecule has 0 aliphatic heterocycles. The summed E-state index contributed by atoms with van der Waals surface area (Å²) in [5.74, 6) is -1.38. The quantitative estimate of drug-likeness (QED) is 0.657. The molecule has 0 aliphatic carbocycles. The van der Waals surface area contributed by atoms with Gasteiger partial charge in [0, 0.05) is 12.1 Å². The van der Waals surface area contributed by atoms with Gasteiger partial charge in [-0.15, -0.1) is 0 Å². The number of rotatable bonds is 3. The molecule has 0 bridgehead atoms. The van der Waals surface area contributed by atoms with Crippen LogP contribution in [0.3, 0.4) is 0 Å². The molecule has 1 aromatic carbocycles. The van der Waals surface area contributed by atoms with E-state index in [1.807, 2.05) is 0 Å². The summed E-state index contributed by atoms with van der Waals surface area (Å²) in [7, 11) is 0. The summed E-state index contributed by atoms with van der Waals surface area (Å²) in [4.78, 5) is 20.8. The van der Waals surface area contributed by atoms with E-state index in [4.69, 9.17) is 22.1 Å². The van der Waals surface area contributed by atoms with E-state index in [1.54, 1.807) is 0 Å². The zero-order valence-electron chi connectivity index (χ0n) is 9.38. The van der Waals surface area contributed by atoms with E-state index in [2.05, 4.69) is 30.9 Å². The van der Waals surface area contributed by atoms with Crippen LogP contribution in [-0.4, -0.2) is 19.9 Å². The molecule has 0 unspecified atom stereocenters. The standard InChI is InChI=1S/C9H4BrClFN5O3/c10-3-1-5(17(18)19)6(2-4(3)12)20-9-15-7(11)14-8(13)16-9/h1-2H,(H2,13,14,15,16). The molecule has 1 aromatic heterocycles.